The lowest BCUT2D eigenvalue weighted by molar-refractivity contribution is -0.134. The van der Waals surface area contributed by atoms with Gasteiger partial charge in [0.15, 0.2) is 0 Å². The molecule has 2 aliphatic heterocycles. The SMILES string of the molecule is CC[C@H](C)CN1CCC([C@]2(Cc3cccc(OC)c3)NC(=O)N(CCOC)C2=O)CC1. The molecule has 7 nitrogen and oxygen atoms in total. The highest BCUT2D eigenvalue weighted by Crippen LogP contribution is 2.37. The first kappa shape index (κ1) is 23.5. The van der Waals surface area contributed by atoms with Crippen molar-refractivity contribution in [3.63, 3.8) is 0 Å². The summed E-state index contributed by atoms with van der Waals surface area (Å²) in [5.74, 6) is 1.39. The number of piperidine rings is 1. The molecule has 1 N–H and O–H groups in total. The topological polar surface area (TPSA) is 71.1 Å². The fourth-order valence-corrected chi connectivity index (χ4v) is 4.85. The first-order valence-electron chi connectivity index (χ1n) is 11.4. The van der Waals surface area contributed by atoms with Crippen molar-refractivity contribution in [1.29, 1.82) is 0 Å². The Morgan fingerprint density at radius 2 is 1.97 bits per heavy atom. The van der Waals surface area contributed by atoms with E-state index in [9.17, 15) is 9.59 Å². The average molecular weight is 432 g/mol. The van der Waals surface area contributed by atoms with Gasteiger partial charge < -0.3 is 19.7 Å². The number of rotatable bonds is 10. The van der Waals surface area contributed by atoms with Crippen molar-refractivity contribution >= 4 is 11.9 Å². The van der Waals surface area contributed by atoms with E-state index in [1.807, 2.05) is 24.3 Å². The van der Waals surface area contributed by atoms with Crippen LogP contribution in [0.25, 0.3) is 0 Å². The number of nitrogens with zero attached hydrogens (tertiary/aromatic N) is 2. The van der Waals surface area contributed by atoms with Crippen molar-refractivity contribution in [2.45, 2.75) is 45.1 Å². The molecule has 172 valence electrons. The summed E-state index contributed by atoms with van der Waals surface area (Å²) < 4.78 is 10.5. The van der Waals surface area contributed by atoms with Crippen LogP contribution in [-0.4, -0.2) is 74.3 Å². The number of ether oxygens (including phenoxy) is 2. The number of methoxy groups -OCH3 is 2. The molecule has 0 saturated carbocycles. The van der Waals surface area contributed by atoms with Crippen LogP contribution >= 0.6 is 0 Å². The summed E-state index contributed by atoms with van der Waals surface area (Å²) in [6.45, 7) is 8.11. The van der Waals surface area contributed by atoms with Crippen molar-refractivity contribution in [1.82, 2.24) is 15.1 Å². The smallest absolute Gasteiger partial charge is 0.325 e. The van der Waals surface area contributed by atoms with E-state index in [1.54, 1.807) is 14.2 Å². The maximum Gasteiger partial charge on any atom is 0.325 e. The predicted molar refractivity (Wildman–Crippen MR) is 120 cm³/mol. The van der Waals surface area contributed by atoms with E-state index >= 15 is 0 Å². The second-order valence-electron chi connectivity index (χ2n) is 8.97. The molecule has 1 aromatic carbocycles. The van der Waals surface area contributed by atoms with Crippen molar-refractivity contribution in [2.75, 3.05) is 47.0 Å². The second kappa shape index (κ2) is 10.5. The van der Waals surface area contributed by atoms with Gasteiger partial charge in [-0.3, -0.25) is 9.69 Å². The maximum absolute atomic E-state index is 13.6. The molecule has 2 fully saturated rings. The fourth-order valence-electron chi connectivity index (χ4n) is 4.85. The van der Waals surface area contributed by atoms with Crippen LogP contribution in [0.2, 0.25) is 0 Å². The van der Waals surface area contributed by atoms with E-state index in [-0.39, 0.29) is 24.4 Å². The molecule has 7 heteroatoms. The van der Waals surface area contributed by atoms with Gasteiger partial charge in [-0.25, -0.2) is 4.79 Å². The van der Waals surface area contributed by atoms with Crippen LogP contribution in [0.1, 0.15) is 38.7 Å². The number of imide groups is 1. The quantitative estimate of drug-likeness (QED) is 0.577. The van der Waals surface area contributed by atoms with Crippen LogP contribution in [-0.2, 0) is 16.0 Å². The molecule has 31 heavy (non-hydrogen) atoms. The zero-order valence-electron chi connectivity index (χ0n) is 19.4. The van der Waals surface area contributed by atoms with Crippen LogP contribution < -0.4 is 10.1 Å². The van der Waals surface area contributed by atoms with Gasteiger partial charge in [-0.1, -0.05) is 32.4 Å². The Morgan fingerprint density at radius 1 is 1.23 bits per heavy atom. The Hall–Kier alpha value is -2.12. The Morgan fingerprint density at radius 3 is 2.61 bits per heavy atom. The van der Waals surface area contributed by atoms with Gasteiger partial charge in [0.1, 0.15) is 11.3 Å². The maximum atomic E-state index is 13.6. The minimum atomic E-state index is -0.917. The fraction of sp³-hybridized carbons (Fsp3) is 0.667. The molecule has 2 heterocycles. The average Bonchev–Trinajstić information content (AvgIpc) is 3.02. The number of hydrogen-bond donors (Lipinski definition) is 1. The lowest BCUT2D eigenvalue weighted by Crippen LogP contribution is -2.57. The molecule has 1 aromatic rings. The summed E-state index contributed by atoms with van der Waals surface area (Å²) in [7, 11) is 3.21. The molecule has 2 aliphatic rings. The third-order valence-electron chi connectivity index (χ3n) is 6.89. The molecule has 0 unspecified atom stereocenters. The first-order chi connectivity index (χ1) is 14.9. The Balaban J connectivity index is 1.83. The standard InChI is InChI=1S/C24H37N3O4/c1-5-18(2)17-26-11-9-20(10-12-26)24(16-19-7-6-8-21(15-19)31-4)22(28)27(13-14-30-3)23(29)25-24/h6-8,15,18,20H,5,9-14,16-17H2,1-4H3,(H,25,29)/t18-,24-/m0/s1. The number of benzene rings is 1. The zero-order valence-corrected chi connectivity index (χ0v) is 19.4. The van der Waals surface area contributed by atoms with Gasteiger partial charge in [0.25, 0.3) is 5.91 Å². The summed E-state index contributed by atoms with van der Waals surface area (Å²) in [5.41, 5.74) is 0.0725. The molecule has 3 rings (SSSR count). The number of nitrogens with one attached hydrogen (secondary N) is 1. The minimum Gasteiger partial charge on any atom is -0.497 e. The van der Waals surface area contributed by atoms with E-state index in [0.717, 1.165) is 43.8 Å². The molecule has 0 aromatic heterocycles. The van der Waals surface area contributed by atoms with Gasteiger partial charge in [0.2, 0.25) is 0 Å². The number of amides is 3. The highest BCUT2D eigenvalue weighted by atomic mass is 16.5. The van der Waals surface area contributed by atoms with E-state index in [1.165, 1.54) is 11.3 Å². The van der Waals surface area contributed by atoms with E-state index in [2.05, 4.69) is 24.1 Å². The second-order valence-corrected chi connectivity index (χ2v) is 8.97. The van der Waals surface area contributed by atoms with Gasteiger partial charge in [0, 0.05) is 20.1 Å². The molecule has 3 amide bonds. The Kier molecular flexibility index (Phi) is 7.94. The van der Waals surface area contributed by atoms with Gasteiger partial charge in [-0.2, -0.15) is 0 Å². The summed E-state index contributed by atoms with van der Waals surface area (Å²) in [5, 5.41) is 3.12. The van der Waals surface area contributed by atoms with Crippen LogP contribution in [0.5, 0.6) is 5.75 Å². The summed E-state index contributed by atoms with van der Waals surface area (Å²) in [6.07, 6.45) is 3.42. The third-order valence-corrected chi connectivity index (χ3v) is 6.89. The predicted octanol–water partition coefficient (Wildman–Crippen LogP) is 2.93. The summed E-state index contributed by atoms with van der Waals surface area (Å²) >= 11 is 0. The lowest BCUT2D eigenvalue weighted by Gasteiger charge is -2.41. The summed E-state index contributed by atoms with van der Waals surface area (Å²) in [4.78, 5) is 30.3. The molecule has 0 aliphatic carbocycles. The molecule has 2 saturated heterocycles. The highest BCUT2D eigenvalue weighted by molar-refractivity contribution is 6.07. The highest BCUT2D eigenvalue weighted by Gasteiger charge is 2.55. The monoisotopic (exact) mass is 431 g/mol. The molecular formula is C24H37N3O4. The van der Waals surface area contributed by atoms with Crippen LogP contribution in [0.4, 0.5) is 4.79 Å². The van der Waals surface area contributed by atoms with Crippen molar-refractivity contribution in [3.05, 3.63) is 29.8 Å². The largest absolute Gasteiger partial charge is 0.497 e. The minimum absolute atomic E-state index is 0.0934. The molecule has 0 bridgehead atoms. The van der Waals surface area contributed by atoms with Crippen LogP contribution in [0, 0.1) is 11.8 Å². The zero-order chi connectivity index (χ0) is 22.4. The van der Waals surface area contributed by atoms with Gasteiger partial charge in [-0.05, 0) is 55.5 Å². The van der Waals surface area contributed by atoms with Gasteiger partial charge in [-0.15, -0.1) is 0 Å². The number of carbonyl (C=O) groups is 2. The number of urea groups is 1. The first-order valence-corrected chi connectivity index (χ1v) is 11.4. The van der Waals surface area contributed by atoms with Gasteiger partial charge >= 0.3 is 6.03 Å². The van der Waals surface area contributed by atoms with Crippen LogP contribution in [0.15, 0.2) is 24.3 Å². The van der Waals surface area contributed by atoms with E-state index in [0.29, 0.717) is 18.9 Å². The van der Waals surface area contributed by atoms with E-state index in [4.69, 9.17) is 9.47 Å². The number of likely N-dealkylation sites (tertiary alicyclic amines) is 1. The number of hydrogen-bond acceptors (Lipinski definition) is 5. The van der Waals surface area contributed by atoms with Crippen molar-refractivity contribution in [3.8, 4) is 5.75 Å². The molecule has 0 radical (unpaired) electrons. The van der Waals surface area contributed by atoms with Crippen LogP contribution in [0.3, 0.4) is 0 Å². The molecular weight excluding hydrogens is 394 g/mol. The normalized spacial score (nSPS) is 23.8. The molecule has 0 spiro atoms. The van der Waals surface area contributed by atoms with Crippen molar-refractivity contribution < 1.29 is 19.1 Å². The summed E-state index contributed by atoms with van der Waals surface area (Å²) in [6, 6.07) is 7.47. The Labute approximate surface area is 186 Å². The Bertz CT molecular complexity index is 763. The molecule has 2 atom stereocenters. The third kappa shape index (κ3) is 5.21. The van der Waals surface area contributed by atoms with E-state index < -0.39 is 5.54 Å². The van der Waals surface area contributed by atoms with Gasteiger partial charge in [0.05, 0.1) is 20.3 Å². The lowest BCUT2D eigenvalue weighted by atomic mass is 9.73. The van der Waals surface area contributed by atoms with Crippen molar-refractivity contribution in [2.24, 2.45) is 11.8 Å². The number of carbonyl (C=O) groups excluding carboxylic acids is 2.